The highest BCUT2D eigenvalue weighted by Gasteiger charge is 2.36. The Morgan fingerprint density at radius 2 is 2.00 bits per heavy atom. The molecule has 0 bridgehead atoms. The largest absolute Gasteiger partial charge is 0.280 e. The number of anilines is 1. The number of hydrogen-bond acceptors (Lipinski definition) is 3. The molecular formula is C10H8F2N2O2S. The van der Waals surface area contributed by atoms with Crippen LogP contribution in [0.15, 0.2) is 12.1 Å². The van der Waals surface area contributed by atoms with E-state index in [4.69, 9.17) is 5.26 Å². The smallest absolute Gasteiger partial charge is 0.235 e. The van der Waals surface area contributed by atoms with E-state index in [1.165, 1.54) is 6.07 Å². The molecule has 1 aliphatic rings. The maximum Gasteiger partial charge on any atom is 0.235 e. The van der Waals surface area contributed by atoms with E-state index in [0.29, 0.717) is 12.8 Å². The third-order valence-corrected chi connectivity index (χ3v) is 4.27. The first kappa shape index (κ1) is 11.8. The minimum atomic E-state index is -3.62. The number of nitrogens with zero attached hydrogens (tertiary/aromatic N) is 1. The average molecular weight is 258 g/mol. The zero-order chi connectivity index (χ0) is 12.6. The Morgan fingerprint density at radius 3 is 2.53 bits per heavy atom. The van der Waals surface area contributed by atoms with Gasteiger partial charge in [-0.25, -0.2) is 17.2 Å². The molecule has 0 amide bonds. The fraction of sp³-hybridized carbons (Fsp3) is 0.300. The molecule has 0 unspecified atom stereocenters. The van der Waals surface area contributed by atoms with Crippen LogP contribution in [-0.2, 0) is 10.0 Å². The third-order valence-electron chi connectivity index (χ3n) is 2.42. The standard InChI is InChI=1S/C10H8F2N2O2S/c11-8-3-4-9(10(12)7(8)5-13)14-17(15,16)6-1-2-6/h3-4,6,14H,1-2H2. The molecule has 1 saturated carbocycles. The van der Waals surface area contributed by atoms with E-state index in [1.807, 2.05) is 4.72 Å². The summed E-state index contributed by atoms with van der Waals surface area (Å²) in [5, 5.41) is 8.02. The molecule has 2 rings (SSSR count). The average Bonchev–Trinajstić information content (AvgIpc) is 3.07. The molecule has 1 N–H and O–H groups in total. The number of halogens is 2. The monoisotopic (exact) mass is 258 g/mol. The summed E-state index contributed by atoms with van der Waals surface area (Å²) >= 11 is 0. The topological polar surface area (TPSA) is 70.0 Å². The first-order chi connectivity index (χ1) is 7.95. The predicted octanol–water partition coefficient (Wildman–Crippen LogP) is 1.74. The van der Waals surface area contributed by atoms with Crippen LogP contribution in [0, 0.1) is 23.0 Å². The molecule has 1 aromatic carbocycles. The van der Waals surface area contributed by atoms with Gasteiger partial charge in [-0.05, 0) is 25.0 Å². The van der Waals surface area contributed by atoms with Crippen LogP contribution < -0.4 is 4.72 Å². The van der Waals surface area contributed by atoms with E-state index in [1.54, 1.807) is 0 Å². The Balaban J connectivity index is 2.38. The quantitative estimate of drug-likeness (QED) is 0.897. The summed E-state index contributed by atoms with van der Waals surface area (Å²) < 4.78 is 51.7. The lowest BCUT2D eigenvalue weighted by Gasteiger charge is -2.08. The first-order valence-corrected chi connectivity index (χ1v) is 6.40. The van der Waals surface area contributed by atoms with Crippen molar-refractivity contribution in [1.82, 2.24) is 0 Å². The van der Waals surface area contributed by atoms with Crippen molar-refractivity contribution in [1.29, 1.82) is 5.26 Å². The van der Waals surface area contributed by atoms with Crippen LogP contribution in [0.25, 0.3) is 0 Å². The minimum absolute atomic E-state index is 0.394. The number of nitrogens with one attached hydrogen (secondary N) is 1. The van der Waals surface area contributed by atoms with Gasteiger partial charge >= 0.3 is 0 Å². The van der Waals surface area contributed by atoms with Crippen LogP contribution >= 0.6 is 0 Å². The highest BCUT2D eigenvalue weighted by Crippen LogP contribution is 2.31. The summed E-state index contributed by atoms with van der Waals surface area (Å²) in [4.78, 5) is 0. The van der Waals surface area contributed by atoms with E-state index in [2.05, 4.69) is 0 Å². The number of nitriles is 1. The van der Waals surface area contributed by atoms with Gasteiger partial charge < -0.3 is 0 Å². The summed E-state index contributed by atoms with van der Waals surface area (Å²) in [5.74, 6) is -2.20. The molecule has 17 heavy (non-hydrogen) atoms. The molecular weight excluding hydrogens is 250 g/mol. The molecule has 0 heterocycles. The second-order valence-corrected chi connectivity index (χ2v) is 5.70. The SMILES string of the molecule is N#Cc1c(F)ccc(NS(=O)(=O)C2CC2)c1F. The maximum absolute atomic E-state index is 13.6. The lowest BCUT2D eigenvalue weighted by atomic mass is 10.2. The second kappa shape index (κ2) is 3.96. The van der Waals surface area contributed by atoms with Gasteiger partial charge in [0.15, 0.2) is 5.82 Å². The molecule has 90 valence electrons. The van der Waals surface area contributed by atoms with E-state index >= 15 is 0 Å². The van der Waals surface area contributed by atoms with Crippen LogP contribution in [0.2, 0.25) is 0 Å². The predicted molar refractivity (Wildman–Crippen MR) is 56.6 cm³/mol. The van der Waals surface area contributed by atoms with E-state index < -0.39 is 38.2 Å². The van der Waals surface area contributed by atoms with Crippen molar-refractivity contribution in [3.8, 4) is 6.07 Å². The van der Waals surface area contributed by atoms with Gasteiger partial charge in [0.1, 0.15) is 17.4 Å². The van der Waals surface area contributed by atoms with Gasteiger partial charge in [-0.2, -0.15) is 5.26 Å². The van der Waals surface area contributed by atoms with Crippen LogP contribution in [0.4, 0.5) is 14.5 Å². The number of hydrogen-bond donors (Lipinski definition) is 1. The maximum atomic E-state index is 13.6. The zero-order valence-electron chi connectivity index (χ0n) is 8.57. The molecule has 1 fully saturated rings. The fourth-order valence-corrected chi connectivity index (χ4v) is 2.74. The van der Waals surface area contributed by atoms with Crippen LogP contribution in [-0.4, -0.2) is 13.7 Å². The van der Waals surface area contributed by atoms with Gasteiger partial charge in [-0.15, -0.1) is 0 Å². The highest BCUT2D eigenvalue weighted by molar-refractivity contribution is 7.93. The Labute approximate surface area is 96.9 Å². The molecule has 0 aromatic heterocycles. The summed E-state index contributed by atoms with van der Waals surface area (Å²) in [5.41, 5.74) is -1.18. The molecule has 1 aliphatic carbocycles. The second-order valence-electron chi connectivity index (χ2n) is 3.74. The first-order valence-electron chi connectivity index (χ1n) is 4.85. The molecule has 0 atom stereocenters. The lowest BCUT2D eigenvalue weighted by molar-refractivity contribution is 0.577. The summed E-state index contributed by atoms with van der Waals surface area (Å²) in [6, 6.07) is 3.17. The molecule has 0 radical (unpaired) electrons. The van der Waals surface area contributed by atoms with Crippen molar-refractivity contribution in [3.05, 3.63) is 29.3 Å². The van der Waals surface area contributed by atoms with Crippen molar-refractivity contribution in [2.24, 2.45) is 0 Å². The van der Waals surface area contributed by atoms with E-state index in [-0.39, 0.29) is 0 Å². The number of sulfonamides is 1. The summed E-state index contributed by atoms with van der Waals surface area (Å²) in [6.07, 6.45) is 1.06. The Bertz CT molecular complexity index is 603. The lowest BCUT2D eigenvalue weighted by Crippen LogP contribution is -2.18. The normalized spacial score (nSPS) is 15.4. The third kappa shape index (κ3) is 2.22. The van der Waals surface area contributed by atoms with Crippen LogP contribution in [0.1, 0.15) is 18.4 Å². The zero-order valence-corrected chi connectivity index (χ0v) is 9.39. The van der Waals surface area contributed by atoms with Crippen molar-refractivity contribution in [3.63, 3.8) is 0 Å². The Morgan fingerprint density at radius 1 is 1.35 bits per heavy atom. The molecule has 0 spiro atoms. The van der Waals surface area contributed by atoms with E-state index in [0.717, 1.165) is 12.1 Å². The van der Waals surface area contributed by atoms with Gasteiger partial charge in [0.2, 0.25) is 10.0 Å². The Hall–Kier alpha value is -1.68. The summed E-state index contributed by atoms with van der Waals surface area (Å²) in [7, 11) is -3.62. The van der Waals surface area contributed by atoms with Gasteiger partial charge in [0.05, 0.1) is 10.9 Å². The summed E-state index contributed by atoms with van der Waals surface area (Å²) in [6.45, 7) is 0. The van der Waals surface area contributed by atoms with Crippen molar-refractivity contribution in [2.75, 3.05) is 4.72 Å². The number of rotatable bonds is 3. The number of benzene rings is 1. The van der Waals surface area contributed by atoms with Crippen LogP contribution in [0.5, 0.6) is 0 Å². The van der Waals surface area contributed by atoms with Gasteiger partial charge in [0, 0.05) is 0 Å². The molecule has 0 saturated heterocycles. The van der Waals surface area contributed by atoms with Crippen LogP contribution in [0.3, 0.4) is 0 Å². The molecule has 4 nitrogen and oxygen atoms in total. The van der Waals surface area contributed by atoms with Gasteiger partial charge in [-0.1, -0.05) is 0 Å². The van der Waals surface area contributed by atoms with Crippen molar-refractivity contribution < 1.29 is 17.2 Å². The van der Waals surface area contributed by atoms with Gasteiger partial charge in [-0.3, -0.25) is 4.72 Å². The van der Waals surface area contributed by atoms with Crippen molar-refractivity contribution >= 4 is 15.7 Å². The molecule has 7 heteroatoms. The highest BCUT2D eigenvalue weighted by atomic mass is 32.2. The molecule has 1 aromatic rings. The molecule has 0 aliphatic heterocycles. The fourth-order valence-electron chi connectivity index (χ4n) is 1.35. The van der Waals surface area contributed by atoms with Gasteiger partial charge in [0.25, 0.3) is 0 Å². The minimum Gasteiger partial charge on any atom is -0.280 e. The van der Waals surface area contributed by atoms with Crippen molar-refractivity contribution in [2.45, 2.75) is 18.1 Å². The van der Waals surface area contributed by atoms with E-state index in [9.17, 15) is 17.2 Å². The Kier molecular flexibility index (Phi) is 2.75.